The average Bonchev–Trinajstić information content (AvgIpc) is 2.30. The predicted octanol–water partition coefficient (Wildman–Crippen LogP) is -152. The van der Waals surface area contributed by atoms with E-state index in [0.29, 0.717) is 0 Å². The SMILES string of the molecule is CC(=O)O.CC(=O)O.CC(=O)O.CC(=O)O.CC(=O)O.CC(=O)O.CC(=O)O.CC(=O)O.[K+].[K+].[K+].[K+].[K+].[K+].[K+].[K+].[K+].[K+].[K+].[K+].[K+].[K+].[K+].[K+].[K+].[K+].[K+].[K+].[K+].[K+].[K+].[K+].[K+].[K+].[K+].[K+].[K+].[K+].[K+].[K+].[K+].[K+].[K+].[K+].[K+].[K+].[K+].[K+].[K+].[K+].[K+].[K+].[K+].[K+].[K+].[K+].[K+].[K+].[K+]. The van der Waals surface area contributed by atoms with E-state index in [2.05, 4.69) is 0 Å². The summed E-state index contributed by atoms with van der Waals surface area (Å²) in [5, 5.41) is 59.3. The van der Waals surface area contributed by atoms with Gasteiger partial charge in [-0.05, 0) is 0 Å². The minimum atomic E-state index is -0.833. The summed E-state index contributed by atoms with van der Waals surface area (Å²) in [6.45, 7) is 8.67. The van der Waals surface area contributed by atoms with Gasteiger partial charge in [-0.25, -0.2) is 0 Å². The fourth-order valence-corrected chi connectivity index (χ4v) is 0. The van der Waals surface area contributed by atoms with E-state index in [-0.39, 0.29) is 2620 Å². The van der Waals surface area contributed by atoms with Gasteiger partial charge in [-0.3, -0.25) is 38.4 Å². The van der Waals surface area contributed by atoms with Gasteiger partial charge in [0, 0.05) is 55.4 Å². The summed E-state index contributed by atoms with van der Waals surface area (Å²) < 4.78 is 0. The van der Waals surface area contributed by atoms with Crippen LogP contribution in [0.25, 0.3) is 0 Å². The fourth-order valence-electron chi connectivity index (χ4n) is 0. The van der Waals surface area contributed by atoms with Gasteiger partial charge in [-0.15, -0.1) is 0 Å². The maximum absolute atomic E-state index is 9.00. The maximum atomic E-state index is 9.00. The van der Waals surface area contributed by atoms with Crippen LogP contribution in [0.1, 0.15) is 55.4 Å². The fraction of sp³-hybridized carbons (Fsp3) is 0.500. The van der Waals surface area contributed by atoms with E-state index < -0.39 is 47.8 Å². The number of hydrogen-bond acceptors (Lipinski definition) is 8. The van der Waals surface area contributed by atoms with E-state index in [0.717, 1.165) is 55.4 Å². The van der Waals surface area contributed by atoms with Gasteiger partial charge in [-0.2, -0.15) is 0 Å². The molecule has 0 fully saturated rings. The van der Waals surface area contributed by atoms with Crippen molar-refractivity contribution in [3.63, 3.8) is 0 Å². The van der Waals surface area contributed by atoms with Crippen LogP contribution < -0.4 is 2620 Å². The largest absolute Gasteiger partial charge is 1.00 e. The third-order valence-corrected chi connectivity index (χ3v) is 0. The van der Waals surface area contributed by atoms with Crippen molar-refractivity contribution >= 4 is 47.8 Å². The van der Waals surface area contributed by atoms with E-state index in [1.54, 1.807) is 0 Å². The van der Waals surface area contributed by atoms with Crippen LogP contribution in [0.5, 0.6) is 0 Å². The third kappa shape index (κ3) is 651. The van der Waals surface area contributed by atoms with Crippen molar-refractivity contribution in [3.8, 4) is 0 Å². The van der Waals surface area contributed by atoms with Crippen LogP contribution in [0.15, 0.2) is 0 Å². The molecule has 0 saturated heterocycles. The number of carboxylic acids is 8. The molecule has 0 radical (unpaired) electrons. The first-order valence-electron chi connectivity index (χ1n) is 7.42. The van der Waals surface area contributed by atoms with Crippen LogP contribution in [0, 0.1) is 0 Å². The molecule has 83 heavy (non-hydrogen) atoms. The molecule has 16 nitrogen and oxygen atoms in total. The normalized spacial score (nSPS) is 2.41. The van der Waals surface area contributed by atoms with Gasteiger partial charge in [0.1, 0.15) is 0 Å². The smallest absolute Gasteiger partial charge is 0.481 e. The summed E-state index contributed by atoms with van der Waals surface area (Å²) >= 11 is 0. The van der Waals surface area contributed by atoms with Crippen molar-refractivity contribution in [1.82, 2.24) is 0 Å². The molecule has 0 aliphatic rings. The summed E-state index contributed by atoms with van der Waals surface area (Å²) in [7, 11) is 0. The Labute approximate surface area is 2680 Å². The molecule has 0 aliphatic carbocycles. The number of aliphatic carboxylic acids is 8. The zero-order valence-corrected chi connectivity index (χ0v) is 229. The van der Waals surface area contributed by atoms with Gasteiger partial charge in [0.05, 0.1) is 0 Å². The summed E-state index contributed by atoms with van der Waals surface area (Å²) in [5.74, 6) is -6.67. The Kier molecular flexibility index (Phi) is 1850. The van der Waals surface area contributed by atoms with Gasteiger partial charge in [0.2, 0.25) is 0 Å². The quantitative estimate of drug-likeness (QED) is 0.105. The summed E-state index contributed by atoms with van der Waals surface area (Å²) in [6, 6.07) is 0. The van der Waals surface area contributed by atoms with E-state index in [4.69, 9.17) is 79.2 Å². The molecule has 0 spiro atoms. The van der Waals surface area contributed by atoms with Crippen molar-refractivity contribution in [2.24, 2.45) is 0 Å². The molecule has 0 unspecified atom stereocenters. The summed E-state index contributed by atoms with van der Waals surface area (Å²) in [4.78, 5) is 72.0. The van der Waals surface area contributed by atoms with Gasteiger partial charge in [0.15, 0.2) is 0 Å². The Morgan fingerprint density at radius 1 is 0.108 bits per heavy atom. The van der Waals surface area contributed by atoms with Crippen molar-refractivity contribution in [1.29, 1.82) is 0 Å². The van der Waals surface area contributed by atoms with Crippen LogP contribution >= 0.6 is 0 Å². The second kappa shape index (κ2) is 388. The first kappa shape index (κ1) is 396. The van der Waals surface area contributed by atoms with E-state index in [1.807, 2.05) is 0 Å². The van der Waals surface area contributed by atoms with Gasteiger partial charge in [0.25, 0.3) is 47.8 Å². The van der Waals surface area contributed by atoms with Crippen LogP contribution in [-0.2, 0) is 38.4 Å². The third-order valence-electron chi connectivity index (χ3n) is 0. The Morgan fingerprint density at radius 2 is 0.108 bits per heavy atom. The molecule has 0 rings (SSSR count). The first-order valence-corrected chi connectivity index (χ1v) is 7.42. The van der Waals surface area contributed by atoms with Crippen LogP contribution in [0.2, 0.25) is 0 Å². The molecule has 0 aromatic rings. The number of rotatable bonds is 0. The Hall–Kier alpha value is 79.2. The Morgan fingerprint density at radius 3 is 0.108 bits per heavy atom. The molecule has 8 N–H and O–H groups in total. The molecule has 0 amide bonds. The Bertz CT molecular complexity index is 440. The molecule has 0 saturated carbocycles. The zero-order chi connectivity index (χ0) is 28.6. The number of carbonyl (C=O) groups is 8. The average molecular weight is 2470 g/mol. The van der Waals surface area contributed by atoms with Gasteiger partial charge < -0.3 is 40.9 Å². The number of hydrogen-bond donors (Lipinski definition) is 8. The van der Waals surface area contributed by atoms with Crippen molar-refractivity contribution in [3.05, 3.63) is 0 Å². The molecule has 192 valence electrons. The molecular weight excluding hydrogens is 2440 g/mol. The van der Waals surface area contributed by atoms with E-state index >= 15 is 0 Å². The Balaban J connectivity index is -0.00000000128. The molecular formula is C16H32K51O16+51. The van der Waals surface area contributed by atoms with E-state index in [9.17, 15) is 0 Å². The van der Waals surface area contributed by atoms with Crippen LogP contribution in [0.4, 0.5) is 0 Å². The number of carboxylic acid groups (broad SMARTS) is 8. The van der Waals surface area contributed by atoms with Gasteiger partial charge in [-0.1, -0.05) is 0 Å². The molecule has 0 bridgehead atoms. The standard InChI is InChI=1S/8C2H4O2.51K/c8*1-2(3)4;;;;;;;;;;;;;;;;;;;;;;;;;;;;;;;;;;;;;;;;;;;;;;;;;;;/h8*1H3,(H,3,4);;;;;;;;;;;;;;;;;;;;;;;;;;;;;;;;;;;;;;;;;;;;;;;;;;;/q;;;;;;;;51*+1. The first-order chi connectivity index (χ1) is 13.9. The van der Waals surface area contributed by atoms with Crippen molar-refractivity contribution < 1.29 is 2700 Å². The predicted molar refractivity (Wildman–Crippen MR) is 106 cm³/mol. The minimum Gasteiger partial charge on any atom is -0.481 e. The van der Waals surface area contributed by atoms with Crippen LogP contribution in [-0.4, -0.2) is 88.6 Å². The topological polar surface area (TPSA) is 298 Å². The molecule has 0 heterocycles. The second-order valence-electron chi connectivity index (χ2n) is 4.15. The molecule has 67 heteroatoms. The molecule has 0 aromatic heterocycles. The second-order valence-corrected chi connectivity index (χ2v) is 4.15. The summed E-state index contributed by atoms with van der Waals surface area (Å²) in [5.41, 5.74) is 0. The van der Waals surface area contributed by atoms with Crippen LogP contribution in [0.3, 0.4) is 0 Å². The van der Waals surface area contributed by atoms with E-state index in [1.165, 1.54) is 0 Å². The van der Waals surface area contributed by atoms with Crippen molar-refractivity contribution in [2.75, 3.05) is 0 Å². The molecule has 0 aromatic carbocycles. The molecule has 0 aliphatic heterocycles. The van der Waals surface area contributed by atoms with Crippen molar-refractivity contribution in [2.45, 2.75) is 55.4 Å². The van der Waals surface area contributed by atoms with Gasteiger partial charge >= 0.3 is 2620 Å². The monoisotopic (exact) mass is 2470 g/mol. The maximum Gasteiger partial charge on any atom is 1.00 e. The summed E-state index contributed by atoms with van der Waals surface area (Å²) in [6.07, 6.45) is 0. The minimum absolute atomic E-state index is 0. The molecule has 0 atom stereocenters. The zero-order valence-electron chi connectivity index (χ0n) is 69.8.